The highest BCUT2D eigenvalue weighted by molar-refractivity contribution is 5.90. The van der Waals surface area contributed by atoms with Gasteiger partial charge in [0.25, 0.3) is 0 Å². The lowest BCUT2D eigenvalue weighted by Crippen LogP contribution is -2.36. The highest BCUT2D eigenvalue weighted by Crippen LogP contribution is 2.45. The second kappa shape index (κ2) is 5.06. The molecular formula is C16H19NO4. The zero-order valence-electron chi connectivity index (χ0n) is 12.5. The monoisotopic (exact) mass is 289 g/mol. The number of Topliss-reactive ketones (excluding diaryl/α,β-unsaturated/α-hetero) is 1. The summed E-state index contributed by atoms with van der Waals surface area (Å²) in [5.74, 6) is 1.21. The molecule has 3 rings (SSSR count). The van der Waals surface area contributed by atoms with Gasteiger partial charge in [-0.3, -0.25) is 9.59 Å². The normalized spacial score (nSPS) is 23.6. The van der Waals surface area contributed by atoms with Crippen molar-refractivity contribution in [3.8, 4) is 11.5 Å². The van der Waals surface area contributed by atoms with Crippen molar-refractivity contribution in [1.29, 1.82) is 0 Å². The lowest BCUT2D eigenvalue weighted by atomic mass is 9.85. The number of rotatable bonds is 3. The number of hydrogen-bond acceptors (Lipinski definition) is 4. The van der Waals surface area contributed by atoms with Gasteiger partial charge in [0, 0.05) is 13.0 Å². The molecule has 2 aliphatic heterocycles. The standard InChI is InChI=1S/C16H19NO4/c1-9(18)11-8-15(19)17-5-4-10-6-13(20-2)14(21-3)7-12(10)16(11)17/h6-7,11,16H,4-5,8H2,1-3H3/t11-,16+/m1/s1. The van der Waals surface area contributed by atoms with E-state index in [1.165, 1.54) is 0 Å². The van der Waals surface area contributed by atoms with Crippen molar-refractivity contribution >= 4 is 11.7 Å². The first-order chi connectivity index (χ1) is 10.1. The maximum absolute atomic E-state index is 12.1. The summed E-state index contributed by atoms with van der Waals surface area (Å²) in [6, 6.07) is 3.73. The van der Waals surface area contributed by atoms with E-state index in [1.807, 2.05) is 17.0 Å². The lowest BCUT2D eigenvalue weighted by Gasteiger charge is -2.34. The average molecular weight is 289 g/mol. The number of methoxy groups -OCH3 is 2. The Kier molecular flexibility index (Phi) is 3.35. The molecular weight excluding hydrogens is 270 g/mol. The van der Waals surface area contributed by atoms with Gasteiger partial charge in [-0.2, -0.15) is 0 Å². The second-order valence-corrected chi connectivity index (χ2v) is 5.61. The van der Waals surface area contributed by atoms with Gasteiger partial charge in [0.15, 0.2) is 11.5 Å². The second-order valence-electron chi connectivity index (χ2n) is 5.61. The summed E-state index contributed by atoms with van der Waals surface area (Å²) < 4.78 is 10.7. The molecule has 0 spiro atoms. The molecule has 0 aromatic heterocycles. The van der Waals surface area contributed by atoms with E-state index in [-0.39, 0.29) is 23.7 Å². The van der Waals surface area contributed by atoms with Crippen molar-refractivity contribution in [2.75, 3.05) is 20.8 Å². The Labute approximate surface area is 123 Å². The molecule has 0 aliphatic carbocycles. The Morgan fingerprint density at radius 3 is 2.52 bits per heavy atom. The average Bonchev–Trinajstić information content (AvgIpc) is 2.83. The van der Waals surface area contributed by atoms with E-state index >= 15 is 0 Å². The Balaban J connectivity index is 2.11. The number of benzene rings is 1. The van der Waals surface area contributed by atoms with Crippen LogP contribution in [-0.2, 0) is 16.0 Å². The summed E-state index contributed by atoms with van der Waals surface area (Å²) in [7, 11) is 3.20. The molecule has 2 heterocycles. The number of fused-ring (bicyclic) bond motifs is 3. The Bertz CT molecular complexity index is 611. The molecule has 0 radical (unpaired) electrons. The summed E-state index contributed by atoms with van der Waals surface area (Å²) in [4.78, 5) is 25.9. The van der Waals surface area contributed by atoms with Gasteiger partial charge in [-0.1, -0.05) is 0 Å². The van der Waals surface area contributed by atoms with Gasteiger partial charge in [-0.15, -0.1) is 0 Å². The van der Waals surface area contributed by atoms with Crippen molar-refractivity contribution in [1.82, 2.24) is 4.90 Å². The fourth-order valence-electron chi connectivity index (χ4n) is 3.47. The topological polar surface area (TPSA) is 55.8 Å². The van der Waals surface area contributed by atoms with Crippen LogP contribution in [-0.4, -0.2) is 37.4 Å². The van der Waals surface area contributed by atoms with Crippen LogP contribution in [0, 0.1) is 5.92 Å². The minimum Gasteiger partial charge on any atom is -0.493 e. The predicted octanol–water partition coefficient (Wildman–Crippen LogP) is 1.74. The van der Waals surface area contributed by atoms with Gasteiger partial charge in [0.05, 0.1) is 26.2 Å². The van der Waals surface area contributed by atoms with Crippen LogP contribution in [0.4, 0.5) is 0 Å². The quantitative estimate of drug-likeness (QED) is 0.850. The van der Waals surface area contributed by atoms with Crippen LogP contribution in [0.2, 0.25) is 0 Å². The van der Waals surface area contributed by atoms with E-state index in [0.717, 1.165) is 17.5 Å². The van der Waals surface area contributed by atoms with Crippen molar-refractivity contribution in [2.24, 2.45) is 5.92 Å². The third-order valence-corrected chi connectivity index (χ3v) is 4.54. The van der Waals surface area contributed by atoms with Crippen molar-refractivity contribution < 1.29 is 19.1 Å². The Morgan fingerprint density at radius 1 is 1.24 bits per heavy atom. The number of ether oxygens (including phenoxy) is 2. The maximum atomic E-state index is 12.1. The van der Waals surface area contributed by atoms with Crippen molar-refractivity contribution in [3.05, 3.63) is 23.3 Å². The van der Waals surface area contributed by atoms with Crippen LogP contribution < -0.4 is 9.47 Å². The maximum Gasteiger partial charge on any atom is 0.223 e. The summed E-state index contributed by atoms with van der Waals surface area (Å²) in [6.45, 7) is 2.23. The Hall–Kier alpha value is -2.04. The summed E-state index contributed by atoms with van der Waals surface area (Å²) in [6.07, 6.45) is 1.09. The number of hydrogen-bond donors (Lipinski definition) is 0. The minimum absolute atomic E-state index is 0.0680. The van der Waals surface area contributed by atoms with Crippen molar-refractivity contribution in [2.45, 2.75) is 25.8 Å². The zero-order chi connectivity index (χ0) is 15.1. The first-order valence-corrected chi connectivity index (χ1v) is 7.11. The highest BCUT2D eigenvalue weighted by Gasteiger charge is 2.45. The molecule has 2 atom stereocenters. The van der Waals surface area contributed by atoms with Crippen molar-refractivity contribution in [3.63, 3.8) is 0 Å². The van der Waals surface area contributed by atoms with E-state index < -0.39 is 0 Å². The number of carbonyl (C=O) groups is 2. The first-order valence-electron chi connectivity index (χ1n) is 7.11. The third kappa shape index (κ3) is 2.07. The van der Waals surface area contributed by atoms with E-state index in [0.29, 0.717) is 24.5 Å². The number of ketones is 1. The summed E-state index contributed by atoms with van der Waals surface area (Å²) in [5.41, 5.74) is 2.15. The number of carbonyl (C=O) groups excluding carboxylic acids is 2. The van der Waals surface area contributed by atoms with Gasteiger partial charge in [-0.05, 0) is 36.6 Å². The largest absolute Gasteiger partial charge is 0.493 e. The van der Waals surface area contributed by atoms with Gasteiger partial charge in [-0.25, -0.2) is 0 Å². The molecule has 1 aromatic rings. The van der Waals surface area contributed by atoms with E-state index in [9.17, 15) is 9.59 Å². The molecule has 0 bridgehead atoms. The molecule has 5 heteroatoms. The van der Waals surface area contributed by atoms with E-state index in [1.54, 1.807) is 21.1 Å². The third-order valence-electron chi connectivity index (χ3n) is 4.54. The number of nitrogens with zero attached hydrogens (tertiary/aromatic N) is 1. The van der Waals surface area contributed by atoms with Gasteiger partial charge >= 0.3 is 0 Å². The molecule has 2 aliphatic rings. The fraction of sp³-hybridized carbons (Fsp3) is 0.500. The molecule has 1 aromatic carbocycles. The smallest absolute Gasteiger partial charge is 0.223 e. The predicted molar refractivity (Wildman–Crippen MR) is 76.5 cm³/mol. The molecule has 21 heavy (non-hydrogen) atoms. The zero-order valence-corrected chi connectivity index (χ0v) is 12.5. The highest BCUT2D eigenvalue weighted by atomic mass is 16.5. The Morgan fingerprint density at radius 2 is 1.90 bits per heavy atom. The fourth-order valence-corrected chi connectivity index (χ4v) is 3.47. The van der Waals surface area contributed by atoms with Crippen LogP contribution in [0.3, 0.4) is 0 Å². The SMILES string of the molecule is COc1cc2c(cc1OC)[C@@H]1[C@@H](C(C)=O)CC(=O)N1CC2. The van der Waals surface area contributed by atoms with Crippen LogP contribution in [0.1, 0.15) is 30.5 Å². The molecule has 5 nitrogen and oxygen atoms in total. The molecule has 0 N–H and O–H groups in total. The van der Waals surface area contributed by atoms with Crippen LogP contribution in [0.15, 0.2) is 12.1 Å². The van der Waals surface area contributed by atoms with Gasteiger partial charge < -0.3 is 14.4 Å². The van der Waals surface area contributed by atoms with Crippen LogP contribution in [0.25, 0.3) is 0 Å². The first kappa shape index (κ1) is 13.9. The van der Waals surface area contributed by atoms with E-state index in [2.05, 4.69) is 0 Å². The van der Waals surface area contributed by atoms with Crippen LogP contribution in [0.5, 0.6) is 11.5 Å². The lowest BCUT2D eigenvalue weighted by molar-refractivity contribution is -0.129. The van der Waals surface area contributed by atoms with E-state index in [4.69, 9.17) is 9.47 Å². The minimum atomic E-state index is -0.255. The molecule has 1 amide bonds. The molecule has 1 fully saturated rings. The molecule has 0 saturated carbocycles. The van der Waals surface area contributed by atoms with Gasteiger partial charge in [0.2, 0.25) is 5.91 Å². The van der Waals surface area contributed by atoms with Gasteiger partial charge in [0.1, 0.15) is 5.78 Å². The summed E-state index contributed by atoms with van der Waals surface area (Å²) >= 11 is 0. The molecule has 112 valence electrons. The number of amides is 1. The summed E-state index contributed by atoms with van der Waals surface area (Å²) in [5, 5.41) is 0. The molecule has 1 saturated heterocycles. The van der Waals surface area contributed by atoms with Crippen LogP contribution >= 0.6 is 0 Å². The molecule has 0 unspecified atom stereocenters.